The third-order valence-electron chi connectivity index (χ3n) is 4.57. The van der Waals surface area contributed by atoms with Crippen LogP contribution in [0.5, 0.6) is 0 Å². The number of fused-ring (bicyclic) bond motifs is 1. The van der Waals surface area contributed by atoms with E-state index in [-0.39, 0.29) is 6.26 Å². The standard InChI is InChI=1S/C20H29BClN/c1-4-7-8-11-17-16-20(19-13-10-9-12-18(17)19)21(22)23(14-5-2)15-6-3/h4,9-10,12-13,16-17H,1,5-8,11,14-15H2,2-3H3. The Balaban J connectivity index is 2.21. The molecule has 0 aromatic heterocycles. The van der Waals surface area contributed by atoms with Crippen LogP contribution in [0.4, 0.5) is 0 Å². The predicted octanol–water partition coefficient (Wildman–Crippen LogP) is 5.91. The van der Waals surface area contributed by atoms with Gasteiger partial charge in [0.05, 0.1) is 0 Å². The van der Waals surface area contributed by atoms with Crippen LogP contribution >= 0.6 is 11.5 Å². The van der Waals surface area contributed by atoms with Crippen LogP contribution in [0.15, 0.2) is 43.0 Å². The van der Waals surface area contributed by atoms with E-state index in [0.717, 1.165) is 32.4 Å². The van der Waals surface area contributed by atoms with Gasteiger partial charge in [0, 0.05) is 5.92 Å². The summed E-state index contributed by atoms with van der Waals surface area (Å²) in [5, 5.41) is 0. The molecule has 124 valence electrons. The molecule has 1 aromatic rings. The highest BCUT2D eigenvalue weighted by molar-refractivity contribution is 7.15. The SMILES string of the molecule is C=CCCCC1C=C(B(Cl)N(CCC)CCC)c2ccccc21. The maximum absolute atomic E-state index is 6.91. The first-order valence-electron chi connectivity index (χ1n) is 9.02. The minimum absolute atomic E-state index is 0.0135. The molecule has 0 amide bonds. The van der Waals surface area contributed by atoms with Crippen molar-refractivity contribution in [1.29, 1.82) is 0 Å². The Hall–Kier alpha value is -0.985. The van der Waals surface area contributed by atoms with Crippen molar-refractivity contribution >= 4 is 23.2 Å². The van der Waals surface area contributed by atoms with E-state index in [4.69, 9.17) is 11.5 Å². The lowest BCUT2D eigenvalue weighted by molar-refractivity contribution is 0.441. The highest BCUT2D eigenvalue weighted by Crippen LogP contribution is 2.41. The van der Waals surface area contributed by atoms with Crippen molar-refractivity contribution < 1.29 is 0 Å². The Morgan fingerprint density at radius 2 is 1.91 bits per heavy atom. The molecule has 2 rings (SSSR count). The third kappa shape index (κ3) is 4.52. The first-order valence-corrected chi connectivity index (χ1v) is 9.46. The highest BCUT2D eigenvalue weighted by Gasteiger charge is 2.32. The van der Waals surface area contributed by atoms with Gasteiger partial charge in [0.25, 0.3) is 0 Å². The summed E-state index contributed by atoms with van der Waals surface area (Å²) in [6.07, 6.45) is 10.2. The monoisotopic (exact) mass is 329 g/mol. The molecular weight excluding hydrogens is 300 g/mol. The zero-order valence-electron chi connectivity index (χ0n) is 14.6. The van der Waals surface area contributed by atoms with Gasteiger partial charge >= 0.3 is 6.26 Å². The molecule has 1 atom stereocenters. The maximum Gasteiger partial charge on any atom is 0.364 e. The van der Waals surface area contributed by atoms with E-state index in [9.17, 15) is 0 Å². The number of rotatable bonds is 10. The number of allylic oxidation sites excluding steroid dienone is 2. The van der Waals surface area contributed by atoms with E-state index >= 15 is 0 Å². The van der Waals surface area contributed by atoms with Crippen LogP contribution in [0.3, 0.4) is 0 Å². The molecule has 0 saturated carbocycles. The molecule has 0 bridgehead atoms. The van der Waals surface area contributed by atoms with E-state index in [1.807, 2.05) is 6.08 Å². The largest absolute Gasteiger partial charge is 0.364 e. The lowest BCUT2D eigenvalue weighted by atomic mass is 9.74. The molecule has 23 heavy (non-hydrogen) atoms. The molecule has 1 nitrogen and oxygen atoms in total. The summed E-state index contributed by atoms with van der Waals surface area (Å²) in [6.45, 7) is 10.4. The van der Waals surface area contributed by atoms with Gasteiger partial charge in [-0.1, -0.05) is 50.3 Å². The smallest absolute Gasteiger partial charge is 0.325 e. The number of hydrogen-bond acceptors (Lipinski definition) is 1. The van der Waals surface area contributed by atoms with Crippen molar-refractivity contribution in [3.63, 3.8) is 0 Å². The van der Waals surface area contributed by atoms with Crippen LogP contribution in [0.2, 0.25) is 0 Å². The van der Waals surface area contributed by atoms with Gasteiger partial charge in [0.15, 0.2) is 0 Å². The zero-order valence-corrected chi connectivity index (χ0v) is 15.4. The van der Waals surface area contributed by atoms with E-state index in [1.54, 1.807) is 0 Å². The lowest BCUT2D eigenvalue weighted by Gasteiger charge is -2.25. The molecule has 1 aliphatic rings. The van der Waals surface area contributed by atoms with E-state index < -0.39 is 0 Å². The van der Waals surface area contributed by atoms with Crippen molar-refractivity contribution in [2.24, 2.45) is 0 Å². The molecule has 0 N–H and O–H groups in total. The Kier molecular flexibility index (Phi) is 7.46. The summed E-state index contributed by atoms with van der Waals surface area (Å²) in [5.41, 5.74) is 4.12. The average Bonchev–Trinajstić information content (AvgIpc) is 2.93. The Morgan fingerprint density at radius 1 is 1.22 bits per heavy atom. The quantitative estimate of drug-likeness (QED) is 0.293. The van der Waals surface area contributed by atoms with Gasteiger partial charge in [-0.3, -0.25) is 0 Å². The van der Waals surface area contributed by atoms with Crippen LogP contribution in [-0.2, 0) is 0 Å². The topological polar surface area (TPSA) is 3.24 Å². The number of nitrogens with zero attached hydrogens (tertiary/aromatic N) is 1. The summed E-state index contributed by atoms with van der Waals surface area (Å²) >= 11 is 6.91. The van der Waals surface area contributed by atoms with Crippen LogP contribution in [0.1, 0.15) is 63.0 Å². The van der Waals surface area contributed by atoms with Crippen molar-refractivity contribution in [3.05, 3.63) is 54.1 Å². The molecule has 0 aliphatic heterocycles. The second-order valence-corrected chi connectivity index (χ2v) is 6.82. The molecule has 1 unspecified atom stereocenters. The van der Waals surface area contributed by atoms with Gasteiger partial charge in [-0.15, -0.1) is 6.58 Å². The molecule has 1 aromatic carbocycles. The predicted molar refractivity (Wildman–Crippen MR) is 105 cm³/mol. The fourth-order valence-electron chi connectivity index (χ4n) is 3.52. The van der Waals surface area contributed by atoms with Gasteiger partial charge in [-0.25, -0.2) is 0 Å². The van der Waals surface area contributed by atoms with Crippen molar-refractivity contribution in [1.82, 2.24) is 4.81 Å². The van der Waals surface area contributed by atoms with Gasteiger partial charge in [-0.2, -0.15) is 11.5 Å². The Labute approximate surface area is 147 Å². The minimum Gasteiger partial charge on any atom is -0.325 e. The molecule has 0 spiro atoms. The molecule has 0 fully saturated rings. The number of benzene rings is 1. The van der Waals surface area contributed by atoms with Crippen molar-refractivity contribution in [2.75, 3.05) is 13.1 Å². The minimum atomic E-state index is -0.0135. The second kappa shape index (κ2) is 9.34. The Morgan fingerprint density at radius 3 is 2.57 bits per heavy atom. The van der Waals surface area contributed by atoms with Gasteiger partial charge in [-0.05, 0) is 61.8 Å². The normalized spacial score (nSPS) is 16.3. The summed E-state index contributed by atoms with van der Waals surface area (Å²) in [6, 6.07) is 8.78. The van der Waals surface area contributed by atoms with Crippen molar-refractivity contribution in [2.45, 2.75) is 51.9 Å². The average molecular weight is 330 g/mol. The van der Waals surface area contributed by atoms with Gasteiger partial charge < -0.3 is 4.81 Å². The molecule has 0 radical (unpaired) electrons. The van der Waals surface area contributed by atoms with Gasteiger partial charge in [0.1, 0.15) is 0 Å². The first kappa shape index (κ1) is 18.4. The fraction of sp³-hybridized carbons (Fsp3) is 0.500. The Bertz CT molecular complexity index is 534. The van der Waals surface area contributed by atoms with E-state index in [1.165, 1.54) is 29.4 Å². The first-order chi connectivity index (χ1) is 11.2. The van der Waals surface area contributed by atoms with E-state index in [0.29, 0.717) is 5.92 Å². The fourth-order valence-corrected chi connectivity index (χ4v) is 3.90. The molecule has 0 heterocycles. The lowest BCUT2D eigenvalue weighted by Crippen LogP contribution is -2.37. The second-order valence-electron chi connectivity index (χ2n) is 6.41. The summed E-state index contributed by atoms with van der Waals surface area (Å²) in [5.74, 6) is 0.507. The number of unbranched alkanes of at least 4 members (excludes halogenated alkanes) is 1. The molecule has 1 aliphatic carbocycles. The van der Waals surface area contributed by atoms with Crippen molar-refractivity contribution in [3.8, 4) is 0 Å². The molecular formula is C20H29BClN. The third-order valence-corrected chi connectivity index (χ3v) is 5.09. The number of halogens is 1. The number of hydrogen-bond donors (Lipinski definition) is 0. The van der Waals surface area contributed by atoms with Crippen LogP contribution in [0, 0.1) is 0 Å². The zero-order chi connectivity index (χ0) is 16.7. The summed E-state index contributed by atoms with van der Waals surface area (Å²) in [4.78, 5) is 2.41. The van der Waals surface area contributed by atoms with E-state index in [2.05, 4.69) is 55.6 Å². The summed E-state index contributed by atoms with van der Waals surface area (Å²) < 4.78 is 0. The van der Waals surface area contributed by atoms with Crippen LogP contribution < -0.4 is 0 Å². The maximum atomic E-state index is 6.91. The molecule has 0 saturated heterocycles. The van der Waals surface area contributed by atoms with Crippen LogP contribution in [0.25, 0.3) is 5.47 Å². The van der Waals surface area contributed by atoms with Gasteiger partial charge in [0.2, 0.25) is 0 Å². The molecule has 3 heteroatoms. The summed E-state index contributed by atoms with van der Waals surface area (Å²) in [7, 11) is 0. The van der Waals surface area contributed by atoms with Crippen LogP contribution in [-0.4, -0.2) is 24.2 Å². The highest BCUT2D eigenvalue weighted by atomic mass is 35.5.